The Kier molecular flexibility index (Phi) is 10.5. The molecule has 0 aliphatic rings. The summed E-state index contributed by atoms with van der Waals surface area (Å²) in [6.45, 7) is 8.31. The molecule has 2 unspecified atom stereocenters. The Morgan fingerprint density at radius 1 is 1.27 bits per heavy atom. The number of hydrogen-bond donors (Lipinski definition) is 3. The Hall–Kier alpha value is -0.815. The molecule has 26 heavy (non-hydrogen) atoms. The highest BCUT2D eigenvalue weighted by Gasteiger charge is 2.30. The maximum atomic E-state index is 11.6. The monoisotopic (exact) mass is 379 g/mol. The average molecular weight is 379 g/mol. The molecule has 1 aromatic carbocycles. The molecule has 3 N–H and O–H groups in total. The van der Waals surface area contributed by atoms with Gasteiger partial charge in [0.2, 0.25) is 0 Å². The minimum Gasteiger partial charge on any atom is -0.426 e. The molecule has 1 rings (SSSR count). The molecule has 0 bridgehead atoms. The first-order chi connectivity index (χ1) is 12.3. The van der Waals surface area contributed by atoms with E-state index >= 15 is 0 Å². The molecule has 0 heterocycles. The first-order valence-electron chi connectivity index (χ1n) is 9.53. The van der Waals surface area contributed by atoms with Crippen LogP contribution in [0.15, 0.2) is 30.3 Å². The predicted octanol–water partition coefficient (Wildman–Crippen LogP) is 3.66. The number of hydrogen-bond acceptors (Lipinski definition) is 5. The van der Waals surface area contributed by atoms with Crippen LogP contribution in [0, 0.1) is 11.3 Å². The third-order valence-corrected chi connectivity index (χ3v) is 5.90. The number of nitrogens with one attached hydrogen (secondary N) is 1. The summed E-state index contributed by atoms with van der Waals surface area (Å²) in [4.78, 5) is 11.6. The molecule has 2 atom stereocenters. The van der Waals surface area contributed by atoms with Gasteiger partial charge in [0, 0.05) is 12.2 Å². The van der Waals surface area contributed by atoms with Crippen molar-refractivity contribution >= 4 is 24.8 Å². The highest BCUT2D eigenvalue weighted by molar-refractivity contribution is 7.97. The number of rotatable bonds is 13. The SMILES string of the molecule is CCCC(CC(C)=O)C(C)(C)CCSNC(Cc1ccccc1)B(O)O. The largest absolute Gasteiger partial charge is 0.470 e. The summed E-state index contributed by atoms with van der Waals surface area (Å²) < 4.78 is 3.20. The van der Waals surface area contributed by atoms with Crippen molar-refractivity contribution in [3.8, 4) is 0 Å². The summed E-state index contributed by atoms with van der Waals surface area (Å²) in [7, 11) is -1.40. The van der Waals surface area contributed by atoms with Gasteiger partial charge in [0.15, 0.2) is 0 Å². The van der Waals surface area contributed by atoms with Crippen molar-refractivity contribution in [2.24, 2.45) is 11.3 Å². The van der Waals surface area contributed by atoms with E-state index in [1.807, 2.05) is 30.3 Å². The maximum absolute atomic E-state index is 11.6. The number of ketones is 1. The van der Waals surface area contributed by atoms with E-state index in [0.717, 1.165) is 30.6 Å². The molecular formula is C20H34BNO3S. The molecule has 0 fully saturated rings. The third-order valence-electron chi connectivity index (χ3n) is 5.02. The topological polar surface area (TPSA) is 69.6 Å². The standard InChI is InChI=1S/C20H34BNO3S/c1-5-9-18(14-16(2)23)20(3,4)12-13-26-22-19(21(24)25)15-17-10-7-6-8-11-17/h6-8,10-11,18-19,22,24-25H,5,9,12-15H2,1-4H3. The maximum Gasteiger partial charge on any atom is 0.470 e. The molecule has 0 saturated carbocycles. The number of carbonyl (C=O) groups is 1. The van der Waals surface area contributed by atoms with E-state index in [0.29, 0.717) is 18.8 Å². The molecular weight excluding hydrogens is 345 g/mol. The van der Waals surface area contributed by atoms with E-state index in [1.54, 1.807) is 6.92 Å². The first kappa shape index (κ1) is 23.2. The van der Waals surface area contributed by atoms with Crippen molar-refractivity contribution in [3.05, 3.63) is 35.9 Å². The lowest BCUT2D eigenvalue weighted by Gasteiger charge is -2.34. The molecule has 0 aliphatic heterocycles. The zero-order chi connectivity index (χ0) is 19.6. The smallest absolute Gasteiger partial charge is 0.426 e. The molecule has 146 valence electrons. The van der Waals surface area contributed by atoms with Crippen molar-refractivity contribution in [2.45, 2.75) is 65.7 Å². The third kappa shape index (κ3) is 8.71. The zero-order valence-electron chi connectivity index (χ0n) is 16.6. The zero-order valence-corrected chi connectivity index (χ0v) is 17.4. The van der Waals surface area contributed by atoms with E-state index in [4.69, 9.17) is 0 Å². The molecule has 0 spiro atoms. The summed E-state index contributed by atoms with van der Waals surface area (Å²) in [5.41, 5.74) is 1.16. The van der Waals surface area contributed by atoms with Gasteiger partial charge in [-0.25, -0.2) is 0 Å². The quantitative estimate of drug-likeness (QED) is 0.277. The van der Waals surface area contributed by atoms with Crippen molar-refractivity contribution in [2.75, 3.05) is 5.75 Å². The van der Waals surface area contributed by atoms with E-state index in [1.165, 1.54) is 11.9 Å². The second-order valence-corrected chi connectivity index (χ2v) is 8.74. The van der Waals surface area contributed by atoms with E-state index in [9.17, 15) is 14.8 Å². The van der Waals surface area contributed by atoms with Gasteiger partial charge in [-0.15, -0.1) is 0 Å². The lowest BCUT2D eigenvalue weighted by atomic mass is 9.72. The molecule has 1 aromatic rings. The second-order valence-electron chi connectivity index (χ2n) is 7.81. The molecule has 0 saturated heterocycles. The summed E-state index contributed by atoms with van der Waals surface area (Å²) in [5.74, 6) is 1.11. The molecule has 0 aromatic heterocycles. The summed E-state index contributed by atoms with van der Waals surface area (Å²) in [6, 6.07) is 9.83. The fraction of sp³-hybridized carbons (Fsp3) is 0.650. The molecule has 0 amide bonds. The Morgan fingerprint density at radius 2 is 1.92 bits per heavy atom. The Morgan fingerprint density at radius 3 is 2.46 bits per heavy atom. The minimum absolute atomic E-state index is 0.0864. The van der Waals surface area contributed by atoms with Crippen LogP contribution >= 0.6 is 11.9 Å². The number of carbonyl (C=O) groups excluding carboxylic acids is 1. The van der Waals surface area contributed by atoms with Crippen LogP contribution < -0.4 is 4.72 Å². The summed E-state index contributed by atoms with van der Waals surface area (Å²) in [6.07, 6.45) is 4.34. The normalized spacial score (nSPS) is 14.1. The van der Waals surface area contributed by atoms with Crippen LogP contribution in [0.3, 0.4) is 0 Å². The van der Waals surface area contributed by atoms with Crippen LogP contribution in [0.25, 0.3) is 0 Å². The van der Waals surface area contributed by atoms with Gasteiger partial charge >= 0.3 is 7.12 Å². The summed E-state index contributed by atoms with van der Waals surface area (Å²) >= 11 is 1.54. The fourth-order valence-electron chi connectivity index (χ4n) is 3.22. The van der Waals surface area contributed by atoms with Crippen molar-refractivity contribution in [3.63, 3.8) is 0 Å². The van der Waals surface area contributed by atoms with Crippen molar-refractivity contribution in [1.82, 2.24) is 4.72 Å². The second kappa shape index (κ2) is 11.8. The van der Waals surface area contributed by atoms with Crippen LogP contribution in [-0.4, -0.2) is 34.6 Å². The average Bonchev–Trinajstić information content (AvgIpc) is 2.57. The van der Waals surface area contributed by atoms with Crippen LogP contribution in [0.2, 0.25) is 0 Å². The van der Waals surface area contributed by atoms with E-state index in [-0.39, 0.29) is 11.2 Å². The Labute approximate surface area is 163 Å². The van der Waals surface area contributed by atoms with Gasteiger partial charge in [0.25, 0.3) is 0 Å². The van der Waals surface area contributed by atoms with Crippen LogP contribution in [0.1, 0.15) is 58.9 Å². The summed E-state index contributed by atoms with van der Waals surface area (Å²) in [5, 5.41) is 19.3. The first-order valence-corrected chi connectivity index (χ1v) is 10.5. The lowest BCUT2D eigenvalue weighted by Crippen LogP contribution is -2.42. The van der Waals surface area contributed by atoms with Gasteiger partial charge in [-0.3, -0.25) is 4.72 Å². The number of benzene rings is 1. The number of Topliss-reactive ketones (excluding diaryl/α,β-unsaturated/α-hetero) is 1. The van der Waals surface area contributed by atoms with Crippen molar-refractivity contribution in [1.29, 1.82) is 0 Å². The van der Waals surface area contributed by atoms with E-state index < -0.39 is 13.1 Å². The van der Waals surface area contributed by atoms with Crippen LogP contribution in [0.4, 0.5) is 0 Å². The Bertz CT molecular complexity index is 525. The molecule has 4 nitrogen and oxygen atoms in total. The van der Waals surface area contributed by atoms with Crippen molar-refractivity contribution < 1.29 is 14.8 Å². The molecule has 0 aliphatic carbocycles. The molecule has 6 heteroatoms. The van der Waals surface area contributed by atoms with Gasteiger partial charge in [0.1, 0.15) is 5.78 Å². The highest BCUT2D eigenvalue weighted by Crippen LogP contribution is 2.37. The fourth-order valence-corrected chi connectivity index (χ4v) is 4.39. The minimum atomic E-state index is -1.40. The Balaban J connectivity index is 2.49. The lowest BCUT2D eigenvalue weighted by molar-refractivity contribution is -0.118. The van der Waals surface area contributed by atoms with Gasteiger partial charge in [-0.05, 0) is 43.1 Å². The highest BCUT2D eigenvalue weighted by atomic mass is 32.2. The van der Waals surface area contributed by atoms with Crippen LogP contribution in [-0.2, 0) is 11.2 Å². The van der Waals surface area contributed by atoms with Crippen LogP contribution in [0.5, 0.6) is 0 Å². The predicted molar refractivity (Wildman–Crippen MR) is 112 cm³/mol. The van der Waals surface area contributed by atoms with Gasteiger partial charge < -0.3 is 14.8 Å². The van der Waals surface area contributed by atoms with Gasteiger partial charge in [-0.2, -0.15) is 0 Å². The molecule has 0 radical (unpaired) electrons. The van der Waals surface area contributed by atoms with E-state index in [2.05, 4.69) is 25.5 Å². The van der Waals surface area contributed by atoms with Gasteiger partial charge in [-0.1, -0.05) is 69.5 Å². The van der Waals surface area contributed by atoms with Gasteiger partial charge in [0.05, 0.1) is 5.94 Å².